The molecule has 0 aromatic heterocycles. The standard InChI is InChI=1S/C16H26N2O/c1-14(2)17-9-10-18-11-12-19-16(3,13-18)15-7-5-4-6-8-15/h4-8,14,17H,9-13H2,1-3H3/t16-/m1/s1. The van der Waals surface area contributed by atoms with Gasteiger partial charge in [-0.1, -0.05) is 44.2 Å². The van der Waals surface area contributed by atoms with Crippen LogP contribution in [0, 0.1) is 0 Å². The first-order valence-corrected chi connectivity index (χ1v) is 7.25. The zero-order valence-corrected chi connectivity index (χ0v) is 12.4. The van der Waals surface area contributed by atoms with E-state index in [9.17, 15) is 0 Å². The third-order valence-electron chi connectivity index (χ3n) is 3.72. The molecule has 1 atom stereocenters. The normalized spacial score (nSPS) is 24.8. The molecule has 1 fully saturated rings. The van der Waals surface area contributed by atoms with E-state index in [0.717, 1.165) is 32.8 Å². The van der Waals surface area contributed by atoms with Crippen molar-refractivity contribution in [3.8, 4) is 0 Å². The van der Waals surface area contributed by atoms with Gasteiger partial charge < -0.3 is 10.1 Å². The summed E-state index contributed by atoms with van der Waals surface area (Å²) < 4.78 is 6.05. The number of rotatable bonds is 5. The minimum atomic E-state index is -0.169. The molecule has 2 rings (SSSR count). The molecule has 3 heteroatoms. The minimum absolute atomic E-state index is 0.169. The van der Waals surface area contributed by atoms with Crippen molar-refractivity contribution in [1.29, 1.82) is 0 Å². The van der Waals surface area contributed by atoms with E-state index < -0.39 is 0 Å². The highest BCUT2D eigenvalue weighted by Gasteiger charge is 2.33. The maximum atomic E-state index is 6.05. The number of nitrogens with one attached hydrogen (secondary N) is 1. The van der Waals surface area contributed by atoms with Gasteiger partial charge in [-0.25, -0.2) is 0 Å². The summed E-state index contributed by atoms with van der Waals surface area (Å²) in [7, 11) is 0. The van der Waals surface area contributed by atoms with Gasteiger partial charge in [0, 0.05) is 32.2 Å². The third kappa shape index (κ3) is 4.03. The molecule has 0 amide bonds. The van der Waals surface area contributed by atoms with E-state index >= 15 is 0 Å². The van der Waals surface area contributed by atoms with Crippen molar-refractivity contribution in [1.82, 2.24) is 10.2 Å². The van der Waals surface area contributed by atoms with Gasteiger partial charge in [-0.3, -0.25) is 4.90 Å². The number of ether oxygens (including phenoxy) is 1. The van der Waals surface area contributed by atoms with E-state index in [1.165, 1.54) is 5.56 Å². The summed E-state index contributed by atoms with van der Waals surface area (Å²) in [5, 5.41) is 3.48. The lowest BCUT2D eigenvalue weighted by Crippen LogP contribution is -2.50. The van der Waals surface area contributed by atoms with Crippen LogP contribution < -0.4 is 5.32 Å². The average Bonchev–Trinajstić information content (AvgIpc) is 2.39. The molecule has 0 aliphatic carbocycles. The molecule has 0 unspecified atom stereocenters. The van der Waals surface area contributed by atoms with Gasteiger partial charge in [0.1, 0.15) is 5.60 Å². The maximum Gasteiger partial charge on any atom is 0.103 e. The second-order valence-electron chi connectivity index (χ2n) is 5.83. The molecule has 1 heterocycles. The molecule has 1 aliphatic rings. The third-order valence-corrected chi connectivity index (χ3v) is 3.72. The van der Waals surface area contributed by atoms with Gasteiger partial charge in [-0.15, -0.1) is 0 Å². The van der Waals surface area contributed by atoms with E-state index in [2.05, 4.69) is 61.3 Å². The molecule has 0 spiro atoms. The predicted octanol–water partition coefficient (Wildman–Crippen LogP) is 2.23. The van der Waals surface area contributed by atoms with Crippen LogP contribution in [0.2, 0.25) is 0 Å². The Kier molecular flexibility index (Phi) is 4.97. The molecule has 0 bridgehead atoms. The Morgan fingerprint density at radius 2 is 2.05 bits per heavy atom. The van der Waals surface area contributed by atoms with Gasteiger partial charge in [-0.2, -0.15) is 0 Å². The maximum absolute atomic E-state index is 6.05. The summed E-state index contributed by atoms with van der Waals surface area (Å²) in [6.45, 7) is 11.5. The quantitative estimate of drug-likeness (QED) is 0.880. The summed E-state index contributed by atoms with van der Waals surface area (Å²) in [5.41, 5.74) is 1.11. The Balaban J connectivity index is 1.93. The second kappa shape index (κ2) is 6.51. The Bertz CT molecular complexity index is 380. The first-order valence-electron chi connectivity index (χ1n) is 7.25. The van der Waals surface area contributed by atoms with Crippen molar-refractivity contribution in [3.05, 3.63) is 35.9 Å². The number of hydrogen-bond acceptors (Lipinski definition) is 3. The first-order chi connectivity index (χ1) is 9.10. The van der Waals surface area contributed by atoms with Crippen LogP contribution in [0.25, 0.3) is 0 Å². The molecular formula is C16H26N2O. The van der Waals surface area contributed by atoms with E-state index in [1.807, 2.05) is 0 Å². The highest BCUT2D eigenvalue weighted by atomic mass is 16.5. The summed E-state index contributed by atoms with van der Waals surface area (Å²) in [4.78, 5) is 2.49. The fraction of sp³-hybridized carbons (Fsp3) is 0.625. The lowest BCUT2D eigenvalue weighted by atomic mass is 9.94. The Morgan fingerprint density at radius 1 is 1.32 bits per heavy atom. The van der Waals surface area contributed by atoms with Gasteiger partial charge in [0.2, 0.25) is 0 Å². The van der Waals surface area contributed by atoms with Gasteiger partial charge in [0.05, 0.1) is 6.61 Å². The summed E-state index contributed by atoms with van der Waals surface area (Å²) in [5.74, 6) is 0. The molecule has 3 nitrogen and oxygen atoms in total. The second-order valence-corrected chi connectivity index (χ2v) is 5.83. The highest BCUT2D eigenvalue weighted by molar-refractivity contribution is 5.22. The molecule has 0 saturated carbocycles. The van der Waals surface area contributed by atoms with Crippen LogP contribution in [0.5, 0.6) is 0 Å². The predicted molar refractivity (Wildman–Crippen MR) is 79.3 cm³/mol. The largest absolute Gasteiger partial charge is 0.368 e. The first kappa shape index (κ1) is 14.5. The fourth-order valence-electron chi connectivity index (χ4n) is 2.62. The Hall–Kier alpha value is -0.900. The number of morpholine rings is 1. The van der Waals surface area contributed by atoms with E-state index in [-0.39, 0.29) is 5.60 Å². The van der Waals surface area contributed by atoms with Crippen LogP contribution in [0.4, 0.5) is 0 Å². The van der Waals surface area contributed by atoms with Crippen LogP contribution in [-0.2, 0) is 10.3 Å². The topological polar surface area (TPSA) is 24.5 Å². The van der Waals surface area contributed by atoms with E-state index in [0.29, 0.717) is 6.04 Å². The molecule has 0 radical (unpaired) electrons. The average molecular weight is 262 g/mol. The van der Waals surface area contributed by atoms with Crippen molar-refractivity contribution < 1.29 is 4.74 Å². The number of hydrogen-bond donors (Lipinski definition) is 1. The van der Waals surface area contributed by atoms with Crippen molar-refractivity contribution in [2.24, 2.45) is 0 Å². The molecule has 1 aromatic carbocycles. The minimum Gasteiger partial charge on any atom is -0.368 e. The molecule has 19 heavy (non-hydrogen) atoms. The molecule has 106 valence electrons. The summed E-state index contributed by atoms with van der Waals surface area (Å²) in [6, 6.07) is 11.1. The van der Waals surface area contributed by atoms with Crippen molar-refractivity contribution in [3.63, 3.8) is 0 Å². The Labute approximate surface area is 116 Å². The van der Waals surface area contributed by atoms with Gasteiger partial charge >= 0.3 is 0 Å². The van der Waals surface area contributed by atoms with Gasteiger partial charge in [0.25, 0.3) is 0 Å². The zero-order valence-electron chi connectivity index (χ0n) is 12.4. The van der Waals surface area contributed by atoms with E-state index in [4.69, 9.17) is 4.74 Å². The Morgan fingerprint density at radius 3 is 2.74 bits per heavy atom. The van der Waals surface area contributed by atoms with Crippen LogP contribution >= 0.6 is 0 Å². The fourth-order valence-corrected chi connectivity index (χ4v) is 2.62. The monoisotopic (exact) mass is 262 g/mol. The van der Waals surface area contributed by atoms with Crippen molar-refractivity contribution in [2.45, 2.75) is 32.4 Å². The number of nitrogens with zero attached hydrogens (tertiary/aromatic N) is 1. The van der Waals surface area contributed by atoms with Gasteiger partial charge in [0.15, 0.2) is 0 Å². The van der Waals surface area contributed by atoms with Crippen LogP contribution in [0.1, 0.15) is 26.3 Å². The lowest BCUT2D eigenvalue weighted by molar-refractivity contribution is -0.102. The summed E-state index contributed by atoms with van der Waals surface area (Å²) >= 11 is 0. The molecule has 1 aromatic rings. The van der Waals surface area contributed by atoms with Crippen LogP contribution in [0.3, 0.4) is 0 Å². The number of benzene rings is 1. The van der Waals surface area contributed by atoms with Crippen LogP contribution in [-0.4, -0.2) is 43.7 Å². The molecule has 1 saturated heterocycles. The smallest absolute Gasteiger partial charge is 0.103 e. The SMILES string of the molecule is CC(C)NCCN1CCO[C@@](C)(c2ccccc2)C1. The van der Waals surface area contributed by atoms with Crippen LogP contribution in [0.15, 0.2) is 30.3 Å². The van der Waals surface area contributed by atoms with Crippen molar-refractivity contribution in [2.75, 3.05) is 32.8 Å². The van der Waals surface area contributed by atoms with Crippen molar-refractivity contribution >= 4 is 0 Å². The van der Waals surface area contributed by atoms with E-state index in [1.54, 1.807) is 0 Å². The summed E-state index contributed by atoms with van der Waals surface area (Å²) in [6.07, 6.45) is 0. The highest BCUT2D eigenvalue weighted by Crippen LogP contribution is 2.28. The zero-order chi connectivity index (χ0) is 13.7. The lowest BCUT2D eigenvalue weighted by Gasteiger charge is -2.41. The van der Waals surface area contributed by atoms with Gasteiger partial charge in [-0.05, 0) is 12.5 Å². The molecular weight excluding hydrogens is 236 g/mol. The molecule has 1 N–H and O–H groups in total. The molecule has 1 aliphatic heterocycles.